The maximum atomic E-state index is 0. The van der Waals surface area contributed by atoms with Crippen LogP contribution in [0.15, 0.2) is 0 Å². The first kappa shape index (κ1) is 33.9. The van der Waals surface area contributed by atoms with Crippen LogP contribution in [-0.4, -0.2) is 45.5 Å². The van der Waals surface area contributed by atoms with Crippen LogP contribution in [0.5, 0.6) is 0 Å². The van der Waals surface area contributed by atoms with Crippen LogP contribution < -0.4 is 18.9 Å². The molecular weight excluding hydrogens is 481 g/mol. The fraction of sp³-hybridized carbons (Fsp3) is 0. The summed E-state index contributed by atoms with van der Waals surface area (Å²) >= 11 is 0. The van der Waals surface area contributed by atoms with E-state index < -0.39 is 0 Å². The second kappa shape index (κ2) is 23.6. The molecular formula is CrLaLiPtSr+10. The molecule has 0 fully saturated rings. The molecule has 0 unspecified atom stereocenters. The summed E-state index contributed by atoms with van der Waals surface area (Å²) in [6.45, 7) is 0. The van der Waals surface area contributed by atoms with Crippen LogP contribution in [-0.2, 0) is 38.4 Å². The van der Waals surface area contributed by atoms with Crippen molar-refractivity contribution in [2.24, 2.45) is 0 Å². The van der Waals surface area contributed by atoms with Gasteiger partial charge in [0, 0.05) is 0 Å². The van der Waals surface area contributed by atoms with Crippen LogP contribution in [0.4, 0.5) is 0 Å². The first-order valence-corrected chi connectivity index (χ1v) is 0. The van der Waals surface area contributed by atoms with E-state index in [0.717, 1.165) is 0 Å². The second-order valence-electron chi connectivity index (χ2n) is 0. The molecule has 0 N–H and O–H groups in total. The molecule has 0 aromatic rings. The van der Waals surface area contributed by atoms with E-state index >= 15 is 0 Å². The Labute approximate surface area is 134 Å². The van der Waals surface area contributed by atoms with E-state index in [1.165, 1.54) is 0 Å². The van der Waals surface area contributed by atoms with Crippen LogP contribution in [0.3, 0.4) is 0 Å². The molecule has 0 bridgehead atoms. The smallest absolute Gasteiger partial charge is 1.00 e. The van der Waals surface area contributed by atoms with Crippen molar-refractivity contribution in [3.8, 4) is 0 Å². The van der Waals surface area contributed by atoms with Gasteiger partial charge in [-0.05, 0) is 0 Å². The predicted molar refractivity (Wildman–Crippen MR) is 5.75 cm³/mol. The number of hydrogen-bond donors (Lipinski definition) is 0. The van der Waals surface area contributed by atoms with E-state index in [1.807, 2.05) is 0 Å². The van der Waals surface area contributed by atoms with Gasteiger partial charge < -0.3 is 0 Å². The average Bonchev–Trinajstić information content (AvgIpc) is 0. The summed E-state index contributed by atoms with van der Waals surface area (Å²) in [4.78, 5) is 0. The van der Waals surface area contributed by atoms with Crippen molar-refractivity contribution in [1.82, 2.24) is 0 Å². The van der Waals surface area contributed by atoms with E-state index in [2.05, 4.69) is 0 Å². The Morgan fingerprint density at radius 2 is 1.00 bits per heavy atom. The molecule has 0 atom stereocenters. The van der Waals surface area contributed by atoms with Gasteiger partial charge in [-0.3, -0.25) is 0 Å². The molecule has 0 nitrogen and oxygen atoms in total. The van der Waals surface area contributed by atoms with Crippen molar-refractivity contribution in [3.05, 3.63) is 0 Å². The third-order valence-corrected chi connectivity index (χ3v) is 0. The predicted octanol–water partition coefficient (Wildman–Crippen LogP) is -3.38. The largest absolute Gasteiger partial charge is 3.00 e. The Balaban J connectivity index is 0. The Hall–Kier alpha value is 4.49. The van der Waals surface area contributed by atoms with Crippen LogP contribution >= 0.6 is 0 Å². The zero-order chi connectivity index (χ0) is 0. The maximum absolute atomic E-state index is 0. The van der Waals surface area contributed by atoms with E-state index in [1.54, 1.807) is 0 Å². The van der Waals surface area contributed by atoms with Gasteiger partial charge in [-0.1, -0.05) is 0 Å². The van der Waals surface area contributed by atoms with E-state index in [-0.39, 0.29) is 138 Å². The zero-order valence-electron chi connectivity index (χ0n) is 3.01. The summed E-state index contributed by atoms with van der Waals surface area (Å²) in [5.74, 6) is 0. The molecule has 0 aliphatic heterocycles. The molecule has 0 aromatic carbocycles. The molecule has 0 rings (SSSR count). The Bertz CT molecular complexity index is 11.6. The van der Waals surface area contributed by atoms with Gasteiger partial charge in [-0.2, -0.15) is 0 Å². The van der Waals surface area contributed by atoms with Gasteiger partial charge in [0.25, 0.3) is 0 Å². The van der Waals surface area contributed by atoms with Crippen LogP contribution in [0.2, 0.25) is 0 Å². The Morgan fingerprint density at radius 1 is 1.00 bits per heavy atom. The molecule has 0 spiro atoms. The topological polar surface area (TPSA) is 0 Å². The normalized spacial score (nSPS) is 0. The molecule has 0 heterocycles. The molecule has 0 aliphatic rings. The number of hydrogen-bond acceptors (Lipinski definition) is 0. The van der Waals surface area contributed by atoms with E-state index in [4.69, 9.17) is 0 Å². The summed E-state index contributed by atoms with van der Waals surface area (Å²) < 4.78 is 0. The summed E-state index contributed by atoms with van der Waals surface area (Å²) in [5, 5.41) is 0. The fourth-order valence-corrected chi connectivity index (χ4v) is 0. The zero-order valence-corrected chi connectivity index (χ0v) is 13.7. The van der Waals surface area contributed by atoms with Gasteiger partial charge in [0.05, 0.1) is 0 Å². The molecule has 0 aromatic heterocycles. The molecule has 5 heavy (non-hydrogen) atoms. The summed E-state index contributed by atoms with van der Waals surface area (Å²) in [6.07, 6.45) is 0. The van der Waals surface area contributed by atoms with Crippen LogP contribution in [0.1, 0.15) is 0 Å². The third-order valence-electron chi connectivity index (χ3n) is 0. The summed E-state index contributed by atoms with van der Waals surface area (Å²) in [5.41, 5.74) is 0. The van der Waals surface area contributed by atoms with Gasteiger partial charge in [0.15, 0.2) is 0 Å². The Morgan fingerprint density at radius 3 is 1.00 bits per heavy atom. The fourth-order valence-electron chi connectivity index (χ4n) is 0. The molecule has 0 aliphatic carbocycles. The van der Waals surface area contributed by atoms with Crippen molar-refractivity contribution in [3.63, 3.8) is 0 Å². The minimum absolute atomic E-state index is 0. The summed E-state index contributed by atoms with van der Waals surface area (Å²) in [6, 6.07) is 0. The van der Waals surface area contributed by atoms with Crippen molar-refractivity contribution < 1.29 is 92.9 Å². The standard InChI is InChI=1S/Cr.La.Li.Pt.Sr/q+2;+3;+1;2*+2. The molecule has 12 valence electrons. The van der Waals surface area contributed by atoms with Gasteiger partial charge in [-0.15, -0.1) is 0 Å². The van der Waals surface area contributed by atoms with Crippen LogP contribution in [0, 0.1) is 35.6 Å². The maximum Gasteiger partial charge on any atom is 3.00 e. The van der Waals surface area contributed by atoms with Crippen LogP contribution in [0.25, 0.3) is 0 Å². The second-order valence-corrected chi connectivity index (χ2v) is 0. The quantitative estimate of drug-likeness (QED) is 0.318. The van der Waals surface area contributed by atoms with Crippen molar-refractivity contribution >= 4 is 45.5 Å². The average molecular weight is 481 g/mol. The van der Waals surface area contributed by atoms with Crippen molar-refractivity contribution in [2.45, 2.75) is 0 Å². The molecule has 5 heteroatoms. The number of rotatable bonds is 0. The van der Waals surface area contributed by atoms with Gasteiger partial charge >= 0.3 is 138 Å². The monoisotopic (exact) mass is 481 g/mol. The van der Waals surface area contributed by atoms with E-state index in [0.29, 0.717) is 0 Å². The van der Waals surface area contributed by atoms with Crippen molar-refractivity contribution in [2.75, 3.05) is 0 Å². The third kappa shape index (κ3) is 17.7. The van der Waals surface area contributed by atoms with Gasteiger partial charge in [0.2, 0.25) is 0 Å². The summed E-state index contributed by atoms with van der Waals surface area (Å²) in [7, 11) is 0. The first-order valence-electron chi connectivity index (χ1n) is 0. The minimum Gasteiger partial charge on any atom is 1.00 e. The molecule has 0 saturated heterocycles. The first-order chi connectivity index (χ1) is 0. The minimum atomic E-state index is 0. The van der Waals surface area contributed by atoms with Gasteiger partial charge in [0.1, 0.15) is 0 Å². The van der Waals surface area contributed by atoms with Crippen molar-refractivity contribution in [1.29, 1.82) is 0 Å². The van der Waals surface area contributed by atoms with E-state index in [9.17, 15) is 0 Å². The molecule has 0 saturated carbocycles. The Kier molecular flexibility index (Phi) is 160. The molecule has 0 radical (unpaired) electrons. The molecule has 0 amide bonds. The SMILES string of the molecule is [Cr+2].[La+3].[Li+].[Pt+2].[Sr+2]. The van der Waals surface area contributed by atoms with Gasteiger partial charge in [-0.25, -0.2) is 0 Å².